The molecule has 236 valence electrons. The van der Waals surface area contributed by atoms with E-state index in [2.05, 4.69) is 12.2 Å². The van der Waals surface area contributed by atoms with Crippen molar-refractivity contribution in [1.29, 1.82) is 0 Å². The van der Waals surface area contributed by atoms with Crippen LogP contribution in [0.3, 0.4) is 0 Å². The predicted molar refractivity (Wildman–Crippen MR) is 157 cm³/mol. The van der Waals surface area contributed by atoms with Crippen molar-refractivity contribution in [2.24, 2.45) is 28.6 Å². The van der Waals surface area contributed by atoms with E-state index in [9.17, 15) is 39.0 Å². The third kappa shape index (κ3) is 5.64. The maximum Gasteiger partial charge on any atom is 0.326 e. The number of carbonyl (C=O) groups is 6. The molecule has 1 unspecified atom stereocenters. The number of rotatable bonds is 10. The minimum Gasteiger partial charge on any atom is -0.480 e. The maximum atomic E-state index is 13.8. The topological polar surface area (TPSA) is 164 Å². The van der Waals surface area contributed by atoms with Gasteiger partial charge in [-0.25, -0.2) is 4.79 Å². The zero-order valence-electron chi connectivity index (χ0n) is 25.3. The average molecular weight is 608 g/mol. The molecule has 44 heavy (non-hydrogen) atoms. The van der Waals surface area contributed by atoms with Gasteiger partial charge in [-0.2, -0.15) is 0 Å². The molecule has 1 aromatic rings. The number of allylic oxidation sites excluding steroid dienone is 1. The largest absolute Gasteiger partial charge is 0.480 e. The Labute approximate surface area is 256 Å². The number of aliphatic hydroxyl groups is 1. The summed E-state index contributed by atoms with van der Waals surface area (Å²) in [6, 6.07) is 7.67. The minimum absolute atomic E-state index is 0.00370. The Bertz CT molecular complexity index is 1400. The van der Waals surface area contributed by atoms with Crippen LogP contribution in [0.2, 0.25) is 0 Å². The predicted octanol–water partition coefficient (Wildman–Crippen LogP) is 3.13. The third-order valence-electron chi connectivity index (χ3n) is 11.1. The number of ether oxygens (including phenoxy) is 1. The smallest absolute Gasteiger partial charge is 0.326 e. The summed E-state index contributed by atoms with van der Waals surface area (Å²) in [5.41, 5.74) is -1.43. The van der Waals surface area contributed by atoms with E-state index in [1.165, 1.54) is 0 Å². The molecule has 0 aliphatic heterocycles. The van der Waals surface area contributed by atoms with E-state index in [1.807, 2.05) is 0 Å². The van der Waals surface area contributed by atoms with Gasteiger partial charge in [-0.3, -0.25) is 24.0 Å². The van der Waals surface area contributed by atoms with E-state index in [-0.39, 0.29) is 66.8 Å². The number of esters is 1. The highest BCUT2D eigenvalue weighted by Gasteiger charge is 2.68. The molecule has 10 heteroatoms. The molecule has 7 atom stereocenters. The summed E-state index contributed by atoms with van der Waals surface area (Å²) in [5, 5.41) is 23.7. The minimum atomic E-state index is -1.83. The van der Waals surface area contributed by atoms with Crippen LogP contribution < -0.4 is 5.32 Å². The summed E-state index contributed by atoms with van der Waals surface area (Å²) in [6.07, 6.45) is 4.39. The standard InChI is InChI=1S/C34H41NO9/c1-32-14-12-22(36)17-21(32)8-9-23-24-13-15-34(43,33(24,2)18-26(37)30(23)32)27(38)19-44-29(40)11-10-28(39)35-25(31(41)42)16-20-6-4-3-5-7-20/h3-7,17,23-25,30,43H,8-16,18-19H2,1-2H3,(H,35,39)(H,41,42)/t23-,24-,25?,30+,32-,33-,34-/m0/s1. The Hall–Kier alpha value is -3.66. The van der Waals surface area contributed by atoms with Crippen LogP contribution in [0.1, 0.15) is 77.2 Å². The number of carbonyl (C=O) groups excluding carboxylic acids is 5. The van der Waals surface area contributed by atoms with Gasteiger partial charge in [-0.05, 0) is 61.0 Å². The van der Waals surface area contributed by atoms with Crippen molar-refractivity contribution in [2.75, 3.05) is 6.61 Å². The molecule has 4 aliphatic carbocycles. The molecule has 10 nitrogen and oxygen atoms in total. The van der Waals surface area contributed by atoms with E-state index in [0.717, 1.165) is 24.0 Å². The highest BCUT2D eigenvalue weighted by molar-refractivity contribution is 5.95. The van der Waals surface area contributed by atoms with Crippen molar-refractivity contribution >= 4 is 35.2 Å². The summed E-state index contributed by atoms with van der Waals surface area (Å²) < 4.78 is 5.17. The first-order valence-electron chi connectivity index (χ1n) is 15.5. The lowest BCUT2D eigenvalue weighted by molar-refractivity contribution is -0.173. The average Bonchev–Trinajstić information content (AvgIpc) is 3.25. The third-order valence-corrected chi connectivity index (χ3v) is 11.1. The van der Waals surface area contributed by atoms with E-state index >= 15 is 0 Å². The van der Waals surface area contributed by atoms with E-state index in [0.29, 0.717) is 19.3 Å². The van der Waals surface area contributed by atoms with Crippen molar-refractivity contribution < 1.29 is 43.7 Å². The molecule has 0 spiro atoms. The number of carboxylic acid groups (broad SMARTS) is 1. The van der Waals surface area contributed by atoms with Gasteiger partial charge >= 0.3 is 11.9 Å². The summed E-state index contributed by atoms with van der Waals surface area (Å²) >= 11 is 0. The Morgan fingerprint density at radius 1 is 1.02 bits per heavy atom. The zero-order chi connectivity index (χ0) is 31.9. The first-order valence-corrected chi connectivity index (χ1v) is 15.5. The molecule has 0 aromatic heterocycles. The summed E-state index contributed by atoms with van der Waals surface area (Å²) in [6.45, 7) is 3.20. The zero-order valence-corrected chi connectivity index (χ0v) is 25.3. The van der Waals surface area contributed by atoms with Crippen LogP contribution >= 0.6 is 0 Å². The summed E-state index contributed by atoms with van der Waals surface area (Å²) in [4.78, 5) is 75.7. The number of nitrogens with one attached hydrogen (secondary N) is 1. The molecule has 3 N–H and O–H groups in total. The van der Waals surface area contributed by atoms with Gasteiger partial charge < -0.3 is 20.3 Å². The molecule has 0 radical (unpaired) electrons. The van der Waals surface area contributed by atoms with Gasteiger partial charge in [0.05, 0.1) is 6.42 Å². The molecular formula is C34H41NO9. The number of amides is 1. The van der Waals surface area contributed by atoms with Crippen LogP contribution in [0.25, 0.3) is 0 Å². The lowest BCUT2D eigenvalue weighted by Gasteiger charge is -2.57. The van der Waals surface area contributed by atoms with Crippen molar-refractivity contribution in [3.8, 4) is 0 Å². The van der Waals surface area contributed by atoms with Gasteiger partial charge in [0.1, 0.15) is 17.4 Å². The van der Waals surface area contributed by atoms with E-state index in [4.69, 9.17) is 4.74 Å². The molecule has 0 bridgehead atoms. The monoisotopic (exact) mass is 607 g/mol. The molecule has 3 saturated carbocycles. The second kappa shape index (κ2) is 12.0. The first-order chi connectivity index (χ1) is 20.8. The van der Waals surface area contributed by atoms with Gasteiger partial charge in [0.15, 0.2) is 12.4 Å². The molecule has 4 aliphatic rings. The van der Waals surface area contributed by atoms with E-state index < -0.39 is 47.3 Å². The molecule has 0 heterocycles. The number of hydrogen-bond acceptors (Lipinski definition) is 8. The Kier molecular flexibility index (Phi) is 8.68. The lowest BCUT2D eigenvalue weighted by Crippen LogP contribution is -2.61. The number of Topliss-reactive ketones (excluding diaryl/α,β-unsaturated/α-hetero) is 2. The van der Waals surface area contributed by atoms with E-state index in [1.54, 1.807) is 43.3 Å². The number of ketones is 3. The maximum absolute atomic E-state index is 13.8. The number of aliphatic carboxylic acids is 1. The molecule has 3 fully saturated rings. The number of fused-ring (bicyclic) bond motifs is 5. The molecule has 1 amide bonds. The molecule has 0 saturated heterocycles. The van der Waals surface area contributed by atoms with Gasteiger partial charge in [0.25, 0.3) is 0 Å². The van der Waals surface area contributed by atoms with Crippen LogP contribution in [-0.2, 0) is 39.9 Å². The second-order valence-electron chi connectivity index (χ2n) is 13.5. The Morgan fingerprint density at radius 2 is 1.75 bits per heavy atom. The fraction of sp³-hybridized carbons (Fsp3) is 0.588. The normalized spacial score (nSPS) is 33.2. The van der Waals surface area contributed by atoms with Crippen LogP contribution in [0.4, 0.5) is 0 Å². The van der Waals surface area contributed by atoms with Gasteiger partial charge in [-0.1, -0.05) is 49.8 Å². The van der Waals surface area contributed by atoms with Crippen LogP contribution in [0.15, 0.2) is 42.0 Å². The van der Waals surface area contributed by atoms with Crippen LogP contribution in [0.5, 0.6) is 0 Å². The lowest BCUT2D eigenvalue weighted by atomic mass is 9.46. The van der Waals surface area contributed by atoms with Crippen molar-refractivity contribution in [2.45, 2.75) is 89.7 Å². The van der Waals surface area contributed by atoms with Crippen molar-refractivity contribution in [3.63, 3.8) is 0 Å². The summed E-state index contributed by atoms with van der Waals surface area (Å²) in [7, 11) is 0. The summed E-state index contributed by atoms with van der Waals surface area (Å²) in [5.74, 6) is -3.52. The molecule has 1 aromatic carbocycles. The number of carboxylic acids is 1. The number of hydrogen-bond donors (Lipinski definition) is 3. The molecular weight excluding hydrogens is 566 g/mol. The quantitative estimate of drug-likeness (QED) is 0.339. The van der Waals surface area contributed by atoms with Crippen LogP contribution in [-0.4, -0.2) is 63.7 Å². The molecule has 5 rings (SSSR count). The first kappa shape index (κ1) is 31.8. The fourth-order valence-electron chi connectivity index (χ4n) is 8.72. The van der Waals surface area contributed by atoms with Crippen LogP contribution in [0, 0.1) is 28.6 Å². The fourth-order valence-corrected chi connectivity index (χ4v) is 8.72. The van der Waals surface area contributed by atoms with Gasteiger partial charge in [-0.15, -0.1) is 0 Å². The highest BCUT2D eigenvalue weighted by Crippen LogP contribution is 2.66. The van der Waals surface area contributed by atoms with Crippen molar-refractivity contribution in [3.05, 3.63) is 47.5 Å². The van der Waals surface area contributed by atoms with Crippen molar-refractivity contribution in [1.82, 2.24) is 5.32 Å². The van der Waals surface area contributed by atoms with Gasteiger partial charge in [0.2, 0.25) is 11.7 Å². The second-order valence-corrected chi connectivity index (χ2v) is 13.5. The SMILES string of the molecule is C[C@]12CCC(=O)C=C1CC[C@@H]1[C@@H]2C(=O)C[C@@]2(C)[C@H]1CC[C@]2(O)C(=O)COC(=O)CCC(=O)NC(Cc1ccccc1)C(=O)O. The Morgan fingerprint density at radius 3 is 2.45 bits per heavy atom. The Balaban J connectivity index is 1.16. The van der Waals surface area contributed by atoms with Gasteiger partial charge in [0, 0.05) is 37.0 Å². The highest BCUT2D eigenvalue weighted by atomic mass is 16.5. The number of benzene rings is 1.